The van der Waals surface area contributed by atoms with Crippen molar-refractivity contribution in [1.82, 2.24) is 5.43 Å². The summed E-state index contributed by atoms with van der Waals surface area (Å²) in [7, 11) is 0. The van der Waals surface area contributed by atoms with Crippen molar-refractivity contribution in [3.63, 3.8) is 0 Å². The molecule has 2 aromatic rings. The van der Waals surface area contributed by atoms with Gasteiger partial charge in [-0.05, 0) is 79.4 Å². The highest BCUT2D eigenvalue weighted by atomic mass is 79.9. The van der Waals surface area contributed by atoms with Gasteiger partial charge in [0, 0.05) is 0 Å². The van der Waals surface area contributed by atoms with E-state index in [9.17, 15) is 4.79 Å². The zero-order chi connectivity index (χ0) is 20.7. The number of halogens is 1. The van der Waals surface area contributed by atoms with Gasteiger partial charge < -0.3 is 9.47 Å². The third kappa shape index (κ3) is 6.37. The molecule has 0 aromatic heterocycles. The van der Waals surface area contributed by atoms with Gasteiger partial charge >= 0.3 is 0 Å². The first-order valence-corrected chi connectivity index (χ1v) is 10.1. The molecule has 2 rings (SSSR count). The number of hydrazone groups is 1. The number of aryl methyl sites for hydroxylation is 2. The molecule has 0 heterocycles. The largest absolute Gasteiger partial charge is 0.490 e. The minimum atomic E-state index is -0.160. The Morgan fingerprint density at radius 1 is 1.25 bits per heavy atom. The van der Waals surface area contributed by atoms with Crippen molar-refractivity contribution in [3.05, 3.63) is 57.1 Å². The van der Waals surface area contributed by atoms with Gasteiger partial charge in [0.1, 0.15) is 0 Å². The van der Waals surface area contributed by atoms with Crippen LogP contribution in [0, 0.1) is 13.8 Å². The van der Waals surface area contributed by atoms with E-state index in [2.05, 4.69) is 32.5 Å². The number of hydrogen-bond donors (Lipinski definition) is 1. The fourth-order valence-electron chi connectivity index (χ4n) is 2.71. The van der Waals surface area contributed by atoms with Gasteiger partial charge in [-0.2, -0.15) is 5.10 Å². The van der Waals surface area contributed by atoms with Crippen LogP contribution >= 0.6 is 15.9 Å². The molecule has 0 unspecified atom stereocenters. The first-order valence-electron chi connectivity index (χ1n) is 9.31. The zero-order valence-corrected chi connectivity index (χ0v) is 18.6. The maximum absolute atomic E-state index is 12.2. The maximum atomic E-state index is 12.2. The standard InChI is InChI=1S/C22H27BrN2O3/c1-6-27-20-11-17(10-19(23)22(20)28-14(2)3)13-24-25-21(26)12-18-8-7-15(4)9-16(18)5/h7-11,13-14H,6,12H2,1-5H3,(H,25,26)/b24-13+. The highest BCUT2D eigenvalue weighted by Gasteiger charge is 2.13. The molecule has 6 heteroatoms. The second kappa shape index (κ2) is 10.3. The summed E-state index contributed by atoms with van der Waals surface area (Å²) in [4.78, 5) is 12.2. The Balaban J connectivity index is 2.07. The molecule has 0 atom stereocenters. The highest BCUT2D eigenvalue weighted by Crippen LogP contribution is 2.37. The van der Waals surface area contributed by atoms with E-state index in [1.165, 1.54) is 5.56 Å². The van der Waals surface area contributed by atoms with Crippen LogP contribution in [0.2, 0.25) is 0 Å². The van der Waals surface area contributed by atoms with E-state index < -0.39 is 0 Å². The molecule has 1 amide bonds. The number of carbonyl (C=O) groups excluding carboxylic acids is 1. The third-order valence-corrected chi connectivity index (χ3v) is 4.53. The van der Waals surface area contributed by atoms with Crippen molar-refractivity contribution >= 4 is 28.1 Å². The van der Waals surface area contributed by atoms with Crippen LogP contribution in [0.1, 0.15) is 43.0 Å². The fraction of sp³-hybridized carbons (Fsp3) is 0.364. The van der Waals surface area contributed by atoms with Crippen molar-refractivity contribution in [2.45, 2.75) is 47.1 Å². The van der Waals surface area contributed by atoms with Crippen LogP contribution in [0.15, 0.2) is 39.9 Å². The Hall–Kier alpha value is -2.34. The van der Waals surface area contributed by atoms with Gasteiger partial charge in [-0.15, -0.1) is 0 Å². The number of amides is 1. The molecule has 28 heavy (non-hydrogen) atoms. The molecular weight excluding hydrogens is 420 g/mol. The summed E-state index contributed by atoms with van der Waals surface area (Å²) < 4.78 is 12.3. The molecule has 0 aliphatic heterocycles. The Bertz CT molecular complexity index is 863. The van der Waals surface area contributed by atoms with Crippen LogP contribution in [0.25, 0.3) is 0 Å². The lowest BCUT2D eigenvalue weighted by Crippen LogP contribution is -2.20. The Morgan fingerprint density at radius 3 is 2.64 bits per heavy atom. The number of hydrogen-bond acceptors (Lipinski definition) is 4. The van der Waals surface area contributed by atoms with Crippen LogP contribution in [0.3, 0.4) is 0 Å². The first kappa shape index (κ1) is 22.0. The predicted octanol–water partition coefficient (Wildman–Crippen LogP) is 4.94. The van der Waals surface area contributed by atoms with Crippen LogP contribution in [0.5, 0.6) is 11.5 Å². The van der Waals surface area contributed by atoms with E-state index in [1.54, 1.807) is 6.21 Å². The normalized spacial score (nSPS) is 11.1. The lowest BCUT2D eigenvalue weighted by atomic mass is 10.0. The van der Waals surface area contributed by atoms with Crippen molar-refractivity contribution < 1.29 is 14.3 Å². The van der Waals surface area contributed by atoms with E-state index in [1.807, 2.05) is 58.9 Å². The van der Waals surface area contributed by atoms with Crippen molar-refractivity contribution in [3.8, 4) is 11.5 Å². The molecular formula is C22H27BrN2O3. The van der Waals surface area contributed by atoms with Crippen LogP contribution < -0.4 is 14.9 Å². The van der Waals surface area contributed by atoms with Gasteiger partial charge in [0.25, 0.3) is 0 Å². The van der Waals surface area contributed by atoms with E-state index in [-0.39, 0.29) is 12.0 Å². The Kier molecular flexibility index (Phi) is 8.05. The van der Waals surface area contributed by atoms with Crippen LogP contribution in [0.4, 0.5) is 0 Å². The number of ether oxygens (including phenoxy) is 2. The number of nitrogens with zero attached hydrogens (tertiary/aromatic N) is 1. The van der Waals surface area contributed by atoms with Crippen LogP contribution in [-0.2, 0) is 11.2 Å². The molecule has 0 radical (unpaired) electrons. The van der Waals surface area contributed by atoms with E-state index >= 15 is 0 Å². The topological polar surface area (TPSA) is 59.9 Å². The molecule has 0 aliphatic rings. The third-order valence-electron chi connectivity index (χ3n) is 3.94. The number of rotatable bonds is 8. The molecule has 0 saturated heterocycles. The Morgan fingerprint density at radius 2 is 2.00 bits per heavy atom. The summed E-state index contributed by atoms with van der Waals surface area (Å²) in [6.07, 6.45) is 1.91. The molecule has 0 fully saturated rings. The van der Waals surface area contributed by atoms with Crippen molar-refractivity contribution in [2.24, 2.45) is 5.10 Å². The molecule has 5 nitrogen and oxygen atoms in total. The molecule has 0 aliphatic carbocycles. The second-order valence-electron chi connectivity index (χ2n) is 6.83. The lowest BCUT2D eigenvalue weighted by molar-refractivity contribution is -0.120. The fourth-order valence-corrected chi connectivity index (χ4v) is 3.26. The summed E-state index contributed by atoms with van der Waals surface area (Å²) >= 11 is 3.52. The second-order valence-corrected chi connectivity index (χ2v) is 7.68. The summed E-state index contributed by atoms with van der Waals surface area (Å²) in [5.74, 6) is 1.13. The predicted molar refractivity (Wildman–Crippen MR) is 116 cm³/mol. The molecule has 0 spiro atoms. The van der Waals surface area contributed by atoms with Crippen LogP contribution in [-0.4, -0.2) is 24.8 Å². The number of carbonyl (C=O) groups is 1. The van der Waals surface area contributed by atoms with E-state index in [0.717, 1.165) is 21.2 Å². The van der Waals surface area contributed by atoms with Crippen molar-refractivity contribution in [2.75, 3.05) is 6.61 Å². The highest BCUT2D eigenvalue weighted by molar-refractivity contribution is 9.10. The minimum absolute atomic E-state index is 0.0274. The number of nitrogens with one attached hydrogen (secondary N) is 1. The van der Waals surface area contributed by atoms with Gasteiger partial charge in [0.15, 0.2) is 11.5 Å². The SMILES string of the molecule is CCOc1cc(/C=N/NC(=O)Cc2ccc(C)cc2C)cc(Br)c1OC(C)C. The minimum Gasteiger partial charge on any atom is -0.490 e. The van der Waals surface area contributed by atoms with Gasteiger partial charge in [0.2, 0.25) is 5.91 Å². The maximum Gasteiger partial charge on any atom is 0.244 e. The average molecular weight is 447 g/mol. The summed E-state index contributed by atoms with van der Waals surface area (Å²) in [6.45, 7) is 10.4. The zero-order valence-electron chi connectivity index (χ0n) is 17.0. The van der Waals surface area contributed by atoms with Gasteiger partial charge in [-0.25, -0.2) is 5.43 Å². The molecule has 150 valence electrons. The van der Waals surface area contributed by atoms with E-state index in [4.69, 9.17) is 9.47 Å². The smallest absolute Gasteiger partial charge is 0.244 e. The summed E-state index contributed by atoms with van der Waals surface area (Å²) in [5, 5.41) is 4.08. The van der Waals surface area contributed by atoms with Crippen molar-refractivity contribution in [1.29, 1.82) is 0 Å². The molecule has 1 N–H and O–H groups in total. The monoisotopic (exact) mass is 446 g/mol. The van der Waals surface area contributed by atoms with Gasteiger partial charge in [-0.1, -0.05) is 23.8 Å². The number of benzene rings is 2. The molecule has 0 bridgehead atoms. The summed E-state index contributed by atoms with van der Waals surface area (Å²) in [5.41, 5.74) is 6.65. The Labute approximate surface area is 175 Å². The quantitative estimate of drug-likeness (QED) is 0.461. The first-order chi connectivity index (χ1) is 13.3. The summed E-state index contributed by atoms with van der Waals surface area (Å²) in [6, 6.07) is 9.77. The van der Waals surface area contributed by atoms with Gasteiger partial charge in [0.05, 0.1) is 29.8 Å². The molecule has 0 saturated carbocycles. The van der Waals surface area contributed by atoms with E-state index in [0.29, 0.717) is 24.5 Å². The average Bonchev–Trinajstić information content (AvgIpc) is 2.60. The lowest BCUT2D eigenvalue weighted by Gasteiger charge is -2.16. The van der Waals surface area contributed by atoms with Gasteiger partial charge in [-0.3, -0.25) is 4.79 Å². The molecule has 2 aromatic carbocycles.